The van der Waals surface area contributed by atoms with Gasteiger partial charge in [0.25, 0.3) is 5.91 Å². The van der Waals surface area contributed by atoms with Gasteiger partial charge in [-0.05, 0) is 47.2 Å². The summed E-state index contributed by atoms with van der Waals surface area (Å²) in [5.74, 6) is -0.272. The highest BCUT2D eigenvalue weighted by atomic mass is 16.7. The third kappa shape index (κ3) is 5.70. The van der Waals surface area contributed by atoms with Gasteiger partial charge in [0.2, 0.25) is 0 Å². The largest absolute Gasteiger partial charge is 0.484 e. The molecule has 3 aromatic rings. The highest BCUT2D eigenvalue weighted by molar-refractivity contribution is 5.97. The lowest BCUT2D eigenvalue weighted by atomic mass is 10.1. The number of oxime groups is 1. The van der Waals surface area contributed by atoms with Crippen molar-refractivity contribution < 1.29 is 23.9 Å². The van der Waals surface area contributed by atoms with E-state index in [1.165, 1.54) is 0 Å². The van der Waals surface area contributed by atoms with Crippen LogP contribution >= 0.6 is 0 Å². The standard InChI is InChI=1S/C21H19N3O5/c22-19(25)12-27-17-8-6-15(7-9-17)21(23)24-29-20(26)13-28-18-10-5-14-3-1-2-4-16(14)11-18/h1-11H,12-13H2,(H2,22,25)(H2,23,24). The van der Waals surface area contributed by atoms with Crippen molar-refractivity contribution in [2.45, 2.75) is 0 Å². The maximum Gasteiger partial charge on any atom is 0.372 e. The quantitative estimate of drug-likeness (QED) is 0.261. The first kappa shape index (κ1) is 19.7. The smallest absolute Gasteiger partial charge is 0.372 e. The number of hydrogen-bond donors (Lipinski definition) is 2. The Balaban J connectivity index is 1.51. The third-order valence-corrected chi connectivity index (χ3v) is 3.85. The van der Waals surface area contributed by atoms with Crippen molar-refractivity contribution in [1.82, 2.24) is 0 Å². The van der Waals surface area contributed by atoms with Crippen LogP contribution in [0.25, 0.3) is 10.8 Å². The SMILES string of the molecule is NC(=O)COc1ccc(/C(N)=N/OC(=O)COc2ccc3ccccc3c2)cc1. The Bertz CT molecular complexity index is 1050. The second-order valence-corrected chi connectivity index (χ2v) is 6.02. The molecule has 0 radical (unpaired) electrons. The van der Waals surface area contributed by atoms with Crippen LogP contribution in [0.1, 0.15) is 5.56 Å². The molecule has 0 aliphatic rings. The lowest BCUT2D eigenvalue weighted by Crippen LogP contribution is -2.20. The first-order valence-electron chi connectivity index (χ1n) is 8.68. The van der Waals surface area contributed by atoms with Crippen LogP contribution in [0.15, 0.2) is 71.9 Å². The molecule has 8 nitrogen and oxygen atoms in total. The highest BCUT2D eigenvalue weighted by Gasteiger charge is 2.07. The Kier molecular flexibility index (Phi) is 6.26. The zero-order valence-corrected chi connectivity index (χ0v) is 15.4. The number of nitrogens with two attached hydrogens (primary N) is 2. The van der Waals surface area contributed by atoms with Crippen LogP contribution in [0.3, 0.4) is 0 Å². The Morgan fingerprint density at radius 1 is 0.793 bits per heavy atom. The number of amides is 1. The summed E-state index contributed by atoms with van der Waals surface area (Å²) in [6, 6.07) is 19.7. The van der Waals surface area contributed by atoms with E-state index in [1.807, 2.05) is 36.4 Å². The number of ether oxygens (including phenoxy) is 2. The van der Waals surface area contributed by atoms with E-state index in [9.17, 15) is 9.59 Å². The topological polar surface area (TPSA) is 126 Å². The molecule has 0 fully saturated rings. The molecule has 0 unspecified atom stereocenters. The molecule has 148 valence electrons. The van der Waals surface area contributed by atoms with Crippen molar-refractivity contribution in [2.24, 2.45) is 16.6 Å². The summed E-state index contributed by atoms with van der Waals surface area (Å²) in [6.45, 7) is -0.535. The van der Waals surface area contributed by atoms with Gasteiger partial charge in [-0.1, -0.05) is 35.5 Å². The Morgan fingerprint density at radius 3 is 2.17 bits per heavy atom. The van der Waals surface area contributed by atoms with E-state index in [2.05, 4.69) is 5.16 Å². The van der Waals surface area contributed by atoms with Crippen LogP contribution in [0, 0.1) is 0 Å². The number of primary amides is 1. The van der Waals surface area contributed by atoms with Gasteiger partial charge in [0.1, 0.15) is 11.5 Å². The number of carbonyl (C=O) groups excluding carboxylic acids is 2. The van der Waals surface area contributed by atoms with E-state index in [4.69, 9.17) is 25.8 Å². The first-order valence-corrected chi connectivity index (χ1v) is 8.68. The van der Waals surface area contributed by atoms with Gasteiger partial charge < -0.3 is 25.8 Å². The van der Waals surface area contributed by atoms with Gasteiger partial charge in [0, 0.05) is 5.56 Å². The molecule has 29 heavy (non-hydrogen) atoms. The molecule has 0 aromatic heterocycles. The van der Waals surface area contributed by atoms with Crippen LogP contribution in [0.4, 0.5) is 0 Å². The summed E-state index contributed by atoms with van der Waals surface area (Å²) in [7, 11) is 0. The van der Waals surface area contributed by atoms with Gasteiger partial charge in [-0.15, -0.1) is 0 Å². The fraction of sp³-hybridized carbons (Fsp3) is 0.0952. The maximum absolute atomic E-state index is 11.8. The molecule has 0 saturated heterocycles. The lowest BCUT2D eigenvalue weighted by Gasteiger charge is -2.06. The summed E-state index contributed by atoms with van der Waals surface area (Å²) in [6.07, 6.45) is 0. The second kappa shape index (κ2) is 9.23. The summed E-state index contributed by atoms with van der Waals surface area (Å²) >= 11 is 0. The van der Waals surface area contributed by atoms with Crippen molar-refractivity contribution in [3.8, 4) is 11.5 Å². The van der Waals surface area contributed by atoms with Gasteiger partial charge >= 0.3 is 5.97 Å². The molecular weight excluding hydrogens is 374 g/mol. The van der Waals surface area contributed by atoms with Crippen LogP contribution in [-0.2, 0) is 14.4 Å². The Morgan fingerprint density at radius 2 is 1.45 bits per heavy atom. The minimum Gasteiger partial charge on any atom is -0.484 e. The second-order valence-electron chi connectivity index (χ2n) is 6.02. The zero-order valence-electron chi connectivity index (χ0n) is 15.4. The molecule has 0 aliphatic heterocycles. The number of rotatable bonds is 8. The molecule has 0 heterocycles. The molecule has 8 heteroatoms. The lowest BCUT2D eigenvalue weighted by molar-refractivity contribution is -0.146. The van der Waals surface area contributed by atoms with Gasteiger partial charge in [-0.2, -0.15) is 0 Å². The van der Waals surface area contributed by atoms with Gasteiger partial charge in [-0.25, -0.2) is 4.79 Å². The summed E-state index contributed by atoms with van der Waals surface area (Å²) < 4.78 is 10.6. The minimum absolute atomic E-state index is 0.00510. The number of hydrogen-bond acceptors (Lipinski definition) is 6. The fourth-order valence-corrected chi connectivity index (χ4v) is 2.45. The molecule has 0 saturated carbocycles. The van der Waals surface area contributed by atoms with E-state index >= 15 is 0 Å². The van der Waals surface area contributed by atoms with Crippen molar-refractivity contribution in [3.05, 3.63) is 72.3 Å². The van der Waals surface area contributed by atoms with E-state index < -0.39 is 11.9 Å². The van der Waals surface area contributed by atoms with Crippen LogP contribution in [0.2, 0.25) is 0 Å². The van der Waals surface area contributed by atoms with Crippen molar-refractivity contribution >= 4 is 28.5 Å². The average molecular weight is 393 g/mol. The third-order valence-electron chi connectivity index (χ3n) is 3.85. The minimum atomic E-state index is -0.692. The van der Waals surface area contributed by atoms with Gasteiger partial charge in [-0.3, -0.25) is 4.79 Å². The van der Waals surface area contributed by atoms with E-state index in [0.29, 0.717) is 17.1 Å². The monoisotopic (exact) mass is 393 g/mol. The predicted octanol–water partition coefficient (Wildman–Crippen LogP) is 1.95. The predicted molar refractivity (Wildman–Crippen MR) is 107 cm³/mol. The maximum atomic E-state index is 11.8. The molecule has 3 aromatic carbocycles. The number of amidine groups is 1. The van der Waals surface area contributed by atoms with Crippen molar-refractivity contribution in [3.63, 3.8) is 0 Å². The summed E-state index contributed by atoms with van der Waals surface area (Å²) in [5.41, 5.74) is 11.3. The molecule has 1 amide bonds. The Labute approximate surface area is 166 Å². The average Bonchev–Trinajstić information content (AvgIpc) is 2.74. The fourth-order valence-electron chi connectivity index (χ4n) is 2.45. The van der Waals surface area contributed by atoms with Crippen LogP contribution in [0.5, 0.6) is 11.5 Å². The van der Waals surface area contributed by atoms with Crippen LogP contribution in [-0.4, -0.2) is 30.9 Å². The molecule has 0 aliphatic carbocycles. The number of fused-ring (bicyclic) bond motifs is 1. The molecule has 4 N–H and O–H groups in total. The number of carbonyl (C=O) groups is 2. The van der Waals surface area contributed by atoms with E-state index in [1.54, 1.807) is 30.3 Å². The normalized spacial score (nSPS) is 11.1. The Hall–Kier alpha value is -4.07. The van der Waals surface area contributed by atoms with Crippen molar-refractivity contribution in [2.75, 3.05) is 13.2 Å². The summed E-state index contributed by atoms with van der Waals surface area (Å²) in [4.78, 5) is 27.3. The summed E-state index contributed by atoms with van der Waals surface area (Å²) in [5, 5.41) is 5.69. The van der Waals surface area contributed by atoms with Gasteiger partial charge in [0.05, 0.1) is 0 Å². The highest BCUT2D eigenvalue weighted by Crippen LogP contribution is 2.20. The number of nitrogens with zero attached hydrogens (tertiary/aromatic N) is 1. The molecule has 3 rings (SSSR count). The van der Waals surface area contributed by atoms with E-state index in [-0.39, 0.29) is 19.0 Å². The molecule has 0 bridgehead atoms. The van der Waals surface area contributed by atoms with Crippen molar-refractivity contribution in [1.29, 1.82) is 0 Å². The molecule has 0 atom stereocenters. The van der Waals surface area contributed by atoms with E-state index in [0.717, 1.165) is 10.8 Å². The molecular formula is C21H19N3O5. The first-order chi connectivity index (χ1) is 14.0. The zero-order chi connectivity index (χ0) is 20.6. The molecule has 0 spiro atoms. The number of benzene rings is 3. The van der Waals surface area contributed by atoms with Gasteiger partial charge in [0.15, 0.2) is 19.0 Å². The van der Waals surface area contributed by atoms with Crippen LogP contribution < -0.4 is 20.9 Å².